The summed E-state index contributed by atoms with van der Waals surface area (Å²) in [5.74, 6) is 0. The standard InChI is InChI=1S/C13H21N3O/c17-13(11-4-2-1-3-7-15-11)12-8-14-9-16(12)10-5-6-10/h8-11,13,15,17H,1-7H2. The van der Waals surface area contributed by atoms with Crippen LogP contribution in [0, 0.1) is 0 Å². The molecule has 4 nitrogen and oxygen atoms in total. The predicted octanol–water partition coefficient (Wildman–Crippen LogP) is 1.78. The summed E-state index contributed by atoms with van der Waals surface area (Å²) in [7, 11) is 0. The molecule has 1 saturated carbocycles. The van der Waals surface area contributed by atoms with Crippen LogP contribution in [0.4, 0.5) is 0 Å². The Bertz CT molecular complexity index is 364. The monoisotopic (exact) mass is 235 g/mol. The molecule has 2 heterocycles. The van der Waals surface area contributed by atoms with Gasteiger partial charge in [0, 0.05) is 12.1 Å². The van der Waals surface area contributed by atoms with Crippen molar-refractivity contribution in [3.8, 4) is 0 Å². The van der Waals surface area contributed by atoms with Gasteiger partial charge in [-0.15, -0.1) is 0 Å². The summed E-state index contributed by atoms with van der Waals surface area (Å²) in [4.78, 5) is 4.20. The van der Waals surface area contributed by atoms with Crippen LogP contribution < -0.4 is 5.32 Å². The van der Waals surface area contributed by atoms with Gasteiger partial charge in [-0.25, -0.2) is 4.98 Å². The summed E-state index contributed by atoms with van der Waals surface area (Å²) >= 11 is 0. The van der Waals surface area contributed by atoms with Crippen molar-refractivity contribution >= 4 is 0 Å². The van der Waals surface area contributed by atoms with E-state index >= 15 is 0 Å². The topological polar surface area (TPSA) is 50.1 Å². The lowest BCUT2D eigenvalue weighted by Gasteiger charge is -2.23. The fourth-order valence-corrected chi connectivity index (χ4v) is 2.73. The normalized spacial score (nSPS) is 27.7. The summed E-state index contributed by atoms with van der Waals surface area (Å²) in [6.45, 7) is 1.03. The maximum absolute atomic E-state index is 10.5. The van der Waals surface area contributed by atoms with Gasteiger partial charge < -0.3 is 15.0 Å². The van der Waals surface area contributed by atoms with Crippen molar-refractivity contribution in [1.82, 2.24) is 14.9 Å². The number of aliphatic hydroxyl groups is 1. The molecule has 17 heavy (non-hydrogen) atoms. The Labute approximate surface area is 102 Å². The molecule has 0 amide bonds. The van der Waals surface area contributed by atoms with Gasteiger partial charge in [0.2, 0.25) is 0 Å². The second-order valence-electron chi connectivity index (χ2n) is 5.31. The molecule has 1 aromatic heterocycles. The van der Waals surface area contributed by atoms with E-state index in [2.05, 4.69) is 14.9 Å². The first-order valence-corrected chi connectivity index (χ1v) is 6.79. The Morgan fingerprint density at radius 3 is 3.00 bits per heavy atom. The Kier molecular flexibility index (Phi) is 3.16. The molecule has 1 aromatic rings. The summed E-state index contributed by atoms with van der Waals surface area (Å²) < 4.78 is 2.16. The Hall–Kier alpha value is -0.870. The molecule has 0 spiro atoms. The molecule has 2 N–H and O–H groups in total. The fourth-order valence-electron chi connectivity index (χ4n) is 2.73. The van der Waals surface area contributed by atoms with Crippen LogP contribution in [-0.2, 0) is 0 Å². The van der Waals surface area contributed by atoms with Crippen molar-refractivity contribution in [2.75, 3.05) is 6.54 Å². The number of nitrogens with zero attached hydrogens (tertiary/aromatic N) is 2. The van der Waals surface area contributed by atoms with Crippen molar-refractivity contribution in [3.63, 3.8) is 0 Å². The van der Waals surface area contributed by atoms with E-state index in [1.54, 1.807) is 0 Å². The average molecular weight is 235 g/mol. The van der Waals surface area contributed by atoms with Crippen LogP contribution in [0.15, 0.2) is 12.5 Å². The summed E-state index contributed by atoms with van der Waals surface area (Å²) in [6, 6.07) is 0.791. The van der Waals surface area contributed by atoms with Crippen molar-refractivity contribution in [2.45, 2.75) is 56.7 Å². The minimum absolute atomic E-state index is 0.201. The van der Waals surface area contributed by atoms with E-state index < -0.39 is 6.10 Å². The van der Waals surface area contributed by atoms with E-state index in [4.69, 9.17) is 0 Å². The lowest BCUT2D eigenvalue weighted by molar-refractivity contribution is 0.118. The Morgan fingerprint density at radius 1 is 1.29 bits per heavy atom. The third-order valence-electron chi connectivity index (χ3n) is 3.92. The average Bonchev–Trinajstić information content (AvgIpc) is 3.12. The highest BCUT2D eigenvalue weighted by Crippen LogP contribution is 2.37. The van der Waals surface area contributed by atoms with Gasteiger partial charge in [0.05, 0.1) is 18.2 Å². The first-order chi connectivity index (χ1) is 8.36. The van der Waals surface area contributed by atoms with Gasteiger partial charge in [-0.05, 0) is 32.2 Å². The van der Waals surface area contributed by atoms with E-state index in [-0.39, 0.29) is 6.04 Å². The number of hydrogen-bond donors (Lipinski definition) is 2. The van der Waals surface area contributed by atoms with E-state index in [1.165, 1.54) is 32.1 Å². The molecule has 1 saturated heterocycles. The van der Waals surface area contributed by atoms with Crippen LogP contribution in [0.3, 0.4) is 0 Å². The lowest BCUT2D eigenvalue weighted by Crippen LogP contribution is -2.35. The van der Waals surface area contributed by atoms with Gasteiger partial charge in [0.1, 0.15) is 6.10 Å². The first kappa shape index (κ1) is 11.2. The van der Waals surface area contributed by atoms with Crippen LogP contribution >= 0.6 is 0 Å². The molecule has 2 atom stereocenters. The quantitative estimate of drug-likeness (QED) is 0.839. The number of aromatic nitrogens is 2. The van der Waals surface area contributed by atoms with Crippen molar-refractivity contribution in [2.24, 2.45) is 0 Å². The van der Waals surface area contributed by atoms with Crippen molar-refractivity contribution in [3.05, 3.63) is 18.2 Å². The molecule has 0 aromatic carbocycles. The molecule has 2 unspecified atom stereocenters. The third kappa shape index (κ3) is 2.38. The van der Waals surface area contributed by atoms with Gasteiger partial charge in [0.15, 0.2) is 0 Å². The lowest BCUT2D eigenvalue weighted by atomic mass is 10.0. The minimum Gasteiger partial charge on any atom is -0.385 e. The Balaban J connectivity index is 1.74. The molecular weight excluding hydrogens is 214 g/mol. The van der Waals surface area contributed by atoms with Gasteiger partial charge in [0.25, 0.3) is 0 Å². The molecule has 1 aliphatic heterocycles. The van der Waals surface area contributed by atoms with E-state index in [0.717, 1.165) is 18.7 Å². The highest BCUT2D eigenvalue weighted by atomic mass is 16.3. The van der Waals surface area contributed by atoms with E-state index in [9.17, 15) is 5.11 Å². The van der Waals surface area contributed by atoms with Crippen molar-refractivity contribution < 1.29 is 5.11 Å². The van der Waals surface area contributed by atoms with Crippen molar-refractivity contribution in [1.29, 1.82) is 0 Å². The van der Waals surface area contributed by atoms with Crippen LogP contribution in [0.1, 0.15) is 56.4 Å². The molecule has 2 fully saturated rings. The first-order valence-electron chi connectivity index (χ1n) is 6.79. The van der Waals surface area contributed by atoms with Gasteiger partial charge in [-0.2, -0.15) is 0 Å². The number of nitrogens with one attached hydrogen (secondary N) is 1. The molecule has 1 aliphatic carbocycles. The SMILES string of the molecule is OC(c1cncn1C1CC1)C1CCCCCN1. The molecule has 0 bridgehead atoms. The van der Waals surface area contributed by atoms with E-state index in [1.807, 2.05) is 12.5 Å². The fraction of sp³-hybridized carbons (Fsp3) is 0.769. The van der Waals surface area contributed by atoms with Gasteiger partial charge in [-0.1, -0.05) is 12.8 Å². The third-order valence-corrected chi connectivity index (χ3v) is 3.92. The van der Waals surface area contributed by atoms with Gasteiger partial charge >= 0.3 is 0 Å². The maximum Gasteiger partial charge on any atom is 0.111 e. The second-order valence-corrected chi connectivity index (χ2v) is 5.31. The van der Waals surface area contributed by atoms with Crippen LogP contribution in [0.25, 0.3) is 0 Å². The molecule has 3 rings (SSSR count). The summed E-state index contributed by atoms with van der Waals surface area (Å²) in [5, 5.41) is 14.0. The largest absolute Gasteiger partial charge is 0.385 e. The molecular formula is C13H21N3O. The summed E-state index contributed by atoms with van der Waals surface area (Å²) in [5.41, 5.74) is 0.993. The number of aliphatic hydroxyl groups excluding tert-OH is 1. The van der Waals surface area contributed by atoms with Crippen LogP contribution in [-0.4, -0.2) is 27.2 Å². The van der Waals surface area contributed by atoms with Crippen LogP contribution in [0.5, 0.6) is 0 Å². The number of rotatable bonds is 3. The Morgan fingerprint density at radius 2 is 2.18 bits per heavy atom. The zero-order valence-corrected chi connectivity index (χ0v) is 10.2. The molecule has 2 aliphatic rings. The second kappa shape index (κ2) is 4.78. The zero-order valence-electron chi connectivity index (χ0n) is 10.2. The summed E-state index contributed by atoms with van der Waals surface area (Å²) in [6.07, 6.45) is 10.5. The predicted molar refractivity (Wildman–Crippen MR) is 65.7 cm³/mol. The highest BCUT2D eigenvalue weighted by Gasteiger charge is 2.30. The highest BCUT2D eigenvalue weighted by molar-refractivity contribution is 5.09. The number of imidazole rings is 1. The van der Waals surface area contributed by atoms with E-state index in [0.29, 0.717) is 6.04 Å². The number of hydrogen-bond acceptors (Lipinski definition) is 3. The van der Waals surface area contributed by atoms with Gasteiger partial charge in [-0.3, -0.25) is 0 Å². The minimum atomic E-state index is -0.406. The van der Waals surface area contributed by atoms with Crippen LogP contribution in [0.2, 0.25) is 0 Å². The molecule has 0 radical (unpaired) electrons. The molecule has 4 heteroatoms. The maximum atomic E-state index is 10.5. The zero-order chi connectivity index (χ0) is 11.7. The smallest absolute Gasteiger partial charge is 0.111 e. The molecule has 94 valence electrons.